The van der Waals surface area contributed by atoms with E-state index in [0.717, 1.165) is 5.57 Å². The van der Waals surface area contributed by atoms with Gasteiger partial charge in [-0.15, -0.1) is 0 Å². The lowest BCUT2D eigenvalue weighted by Crippen LogP contribution is -1.90. The molecule has 0 atom stereocenters. The van der Waals surface area contributed by atoms with Crippen LogP contribution in [0.5, 0.6) is 0 Å². The minimum Gasteiger partial charge on any atom is -0.404 e. The lowest BCUT2D eigenvalue weighted by atomic mass is 10.0. The average molecular weight is 173 g/mol. The predicted octanol–water partition coefficient (Wildman–Crippen LogP) is 2.95. The molecule has 0 unspecified atom stereocenters. The molecule has 0 bridgehead atoms. The standard InChI is InChI=1S/C12H15N/c1-3-10(2)12(9-13)11-7-5-4-6-8-11/h3-9H,13H2,1-2H3/b10-3-,12-9+. The first kappa shape index (κ1) is 9.59. The van der Waals surface area contributed by atoms with Crippen LogP contribution in [0, 0.1) is 0 Å². The third-order valence-electron chi connectivity index (χ3n) is 2.11. The Morgan fingerprint density at radius 3 is 2.31 bits per heavy atom. The maximum Gasteiger partial charge on any atom is 0.00201 e. The Kier molecular flexibility index (Phi) is 3.32. The summed E-state index contributed by atoms with van der Waals surface area (Å²) in [4.78, 5) is 0. The van der Waals surface area contributed by atoms with Gasteiger partial charge in [-0.25, -0.2) is 0 Å². The molecule has 2 N–H and O–H groups in total. The highest BCUT2D eigenvalue weighted by molar-refractivity contribution is 5.77. The van der Waals surface area contributed by atoms with Crippen molar-refractivity contribution in [3.05, 3.63) is 53.7 Å². The molecule has 0 aliphatic carbocycles. The summed E-state index contributed by atoms with van der Waals surface area (Å²) in [7, 11) is 0. The number of nitrogens with two attached hydrogens (primary N) is 1. The molecule has 0 aromatic heterocycles. The van der Waals surface area contributed by atoms with Crippen LogP contribution in [0.15, 0.2) is 48.2 Å². The minimum absolute atomic E-state index is 1.10. The molecule has 0 fully saturated rings. The highest BCUT2D eigenvalue weighted by Crippen LogP contribution is 2.20. The van der Waals surface area contributed by atoms with Gasteiger partial charge in [0.2, 0.25) is 0 Å². The summed E-state index contributed by atoms with van der Waals surface area (Å²) in [6, 6.07) is 10.2. The summed E-state index contributed by atoms with van der Waals surface area (Å²) in [5, 5.41) is 0. The summed E-state index contributed by atoms with van der Waals surface area (Å²) in [6.07, 6.45) is 3.72. The van der Waals surface area contributed by atoms with E-state index in [9.17, 15) is 0 Å². The van der Waals surface area contributed by atoms with Gasteiger partial charge in [-0.05, 0) is 30.6 Å². The third-order valence-corrected chi connectivity index (χ3v) is 2.11. The Bertz CT molecular complexity index is 320. The van der Waals surface area contributed by atoms with Crippen molar-refractivity contribution in [1.82, 2.24) is 0 Å². The fraction of sp³-hybridized carbons (Fsp3) is 0.167. The number of hydrogen-bond acceptors (Lipinski definition) is 1. The summed E-state index contributed by atoms with van der Waals surface area (Å²) in [6.45, 7) is 4.08. The first-order valence-corrected chi connectivity index (χ1v) is 4.40. The van der Waals surface area contributed by atoms with Gasteiger partial charge in [-0.2, -0.15) is 0 Å². The minimum atomic E-state index is 1.10. The van der Waals surface area contributed by atoms with Crippen LogP contribution in [0.1, 0.15) is 19.4 Å². The zero-order valence-corrected chi connectivity index (χ0v) is 8.12. The molecule has 13 heavy (non-hydrogen) atoms. The smallest absolute Gasteiger partial charge is 0.00201 e. The van der Waals surface area contributed by atoms with Crippen LogP contribution >= 0.6 is 0 Å². The van der Waals surface area contributed by atoms with Crippen molar-refractivity contribution < 1.29 is 0 Å². The molecule has 0 radical (unpaired) electrons. The van der Waals surface area contributed by atoms with Gasteiger partial charge < -0.3 is 5.73 Å². The first-order valence-electron chi connectivity index (χ1n) is 4.40. The van der Waals surface area contributed by atoms with E-state index in [1.54, 1.807) is 6.20 Å². The monoisotopic (exact) mass is 173 g/mol. The van der Waals surface area contributed by atoms with Crippen molar-refractivity contribution in [2.45, 2.75) is 13.8 Å². The van der Waals surface area contributed by atoms with E-state index < -0.39 is 0 Å². The number of benzene rings is 1. The summed E-state index contributed by atoms with van der Waals surface area (Å²) >= 11 is 0. The van der Waals surface area contributed by atoms with Crippen molar-refractivity contribution in [2.24, 2.45) is 5.73 Å². The van der Waals surface area contributed by atoms with E-state index in [2.05, 4.69) is 25.1 Å². The molecule has 0 heterocycles. The second kappa shape index (κ2) is 4.51. The van der Waals surface area contributed by atoms with Crippen LogP contribution in [0.2, 0.25) is 0 Å². The van der Waals surface area contributed by atoms with Gasteiger partial charge in [-0.3, -0.25) is 0 Å². The van der Waals surface area contributed by atoms with E-state index >= 15 is 0 Å². The van der Waals surface area contributed by atoms with Crippen LogP contribution in [-0.2, 0) is 0 Å². The van der Waals surface area contributed by atoms with Gasteiger partial charge in [0.05, 0.1) is 0 Å². The van der Waals surface area contributed by atoms with Gasteiger partial charge >= 0.3 is 0 Å². The van der Waals surface area contributed by atoms with E-state index in [1.807, 2.05) is 25.1 Å². The average Bonchev–Trinajstić information content (AvgIpc) is 2.20. The number of allylic oxidation sites excluding steroid dienone is 3. The molecule has 0 aliphatic heterocycles. The molecule has 0 amide bonds. The quantitative estimate of drug-likeness (QED) is 0.684. The lowest BCUT2D eigenvalue weighted by molar-refractivity contribution is 1.43. The van der Waals surface area contributed by atoms with Crippen molar-refractivity contribution in [1.29, 1.82) is 0 Å². The molecule has 1 nitrogen and oxygen atoms in total. The normalized spacial score (nSPS) is 13.1. The largest absolute Gasteiger partial charge is 0.404 e. The molecule has 0 saturated heterocycles. The van der Waals surface area contributed by atoms with Gasteiger partial charge in [0, 0.05) is 6.20 Å². The lowest BCUT2D eigenvalue weighted by Gasteiger charge is -2.06. The molecule has 0 aliphatic rings. The van der Waals surface area contributed by atoms with E-state index in [-0.39, 0.29) is 0 Å². The summed E-state index contributed by atoms with van der Waals surface area (Å²) < 4.78 is 0. The fourth-order valence-electron chi connectivity index (χ4n) is 1.23. The third kappa shape index (κ3) is 2.22. The highest BCUT2D eigenvalue weighted by Gasteiger charge is 2.00. The van der Waals surface area contributed by atoms with Crippen molar-refractivity contribution in [3.8, 4) is 0 Å². The van der Waals surface area contributed by atoms with Crippen molar-refractivity contribution >= 4 is 5.57 Å². The van der Waals surface area contributed by atoms with Crippen molar-refractivity contribution in [2.75, 3.05) is 0 Å². The molecule has 1 heteroatoms. The van der Waals surface area contributed by atoms with Gasteiger partial charge in [0.25, 0.3) is 0 Å². The Morgan fingerprint density at radius 1 is 1.23 bits per heavy atom. The van der Waals surface area contributed by atoms with Crippen LogP contribution in [0.25, 0.3) is 5.57 Å². The SMILES string of the molecule is C/C=C(C)\C(=C/N)c1ccccc1. The molecule has 68 valence electrons. The number of hydrogen-bond donors (Lipinski definition) is 1. The molecular formula is C12H15N. The Morgan fingerprint density at radius 2 is 1.85 bits per heavy atom. The molecular weight excluding hydrogens is 158 g/mol. The van der Waals surface area contributed by atoms with Crippen LogP contribution in [0.4, 0.5) is 0 Å². The zero-order valence-electron chi connectivity index (χ0n) is 8.12. The fourth-order valence-corrected chi connectivity index (χ4v) is 1.23. The molecule has 1 aromatic carbocycles. The van der Waals surface area contributed by atoms with Gasteiger partial charge in [0.1, 0.15) is 0 Å². The summed E-state index contributed by atoms with van der Waals surface area (Å²) in [5.41, 5.74) is 9.05. The van der Waals surface area contributed by atoms with E-state index in [0.29, 0.717) is 0 Å². The Balaban J connectivity index is 3.07. The van der Waals surface area contributed by atoms with E-state index in [4.69, 9.17) is 5.73 Å². The van der Waals surface area contributed by atoms with Crippen molar-refractivity contribution in [3.63, 3.8) is 0 Å². The molecule has 0 saturated carbocycles. The molecule has 0 spiro atoms. The topological polar surface area (TPSA) is 26.0 Å². The van der Waals surface area contributed by atoms with Gasteiger partial charge in [0.15, 0.2) is 0 Å². The predicted molar refractivity (Wildman–Crippen MR) is 58.0 cm³/mol. The number of rotatable bonds is 2. The first-order chi connectivity index (χ1) is 6.29. The second-order valence-electron chi connectivity index (χ2n) is 2.92. The molecule has 1 aromatic rings. The summed E-state index contributed by atoms with van der Waals surface area (Å²) in [5.74, 6) is 0. The van der Waals surface area contributed by atoms with Crippen LogP contribution in [0.3, 0.4) is 0 Å². The van der Waals surface area contributed by atoms with E-state index in [1.165, 1.54) is 11.1 Å². The maximum absolute atomic E-state index is 5.58. The van der Waals surface area contributed by atoms with Crippen LogP contribution < -0.4 is 5.73 Å². The Hall–Kier alpha value is -1.50. The maximum atomic E-state index is 5.58. The van der Waals surface area contributed by atoms with Crippen LogP contribution in [-0.4, -0.2) is 0 Å². The zero-order chi connectivity index (χ0) is 9.68. The van der Waals surface area contributed by atoms with Gasteiger partial charge in [-0.1, -0.05) is 36.4 Å². The molecule has 1 rings (SSSR count). The highest BCUT2D eigenvalue weighted by atomic mass is 14.5. The Labute approximate surface area is 79.6 Å². The second-order valence-corrected chi connectivity index (χ2v) is 2.92.